The number of allylic oxidation sites excluding steroid dienone is 2. The Labute approximate surface area is 184 Å². The van der Waals surface area contributed by atoms with Crippen molar-refractivity contribution in [3.63, 3.8) is 0 Å². The Balaban J connectivity index is 1.72. The van der Waals surface area contributed by atoms with Gasteiger partial charge in [0.15, 0.2) is 0 Å². The third-order valence-corrected chi connectivity index (χ3v) is 6.11. The number of aryl methyl sites for hydroxylation is 1. The Morgan fingerprint density at radius 1 is 0.935 bits per heavy atom. The molecule has 4 rings (SSSR count). The molecule has 1 aliphatic carbocycles. The maximum Gasteiger partial charge on any atom is 0.144 e. The highest BCUT2D eigenvalue weighted by molar-refractivity contribution is 5.90. The van der Waals surface area contributed by atoms with Crippen LogP contribution in [-0.4, -0.2) is 20.0 Å². The molecule has 0 heterocycles. The van der Waals surface area contributed by atoms with Gasteiger partial charge in [-0.2, -0.15) is 0 Å². The fraction of sp³-hybridized carbons (Fsp3) is 0.250. The molecule has 0 spiro atoms. The smallest absolute Gasteiger partial charge is 0.144 e. The molecule has 0 fully saturated rings. The number of methoxy groups -OCH3 is 2. The van der Waals surface area contributed by atoms with E-state index in [9.17, 15) is 4.79 Å². The van der Waals surface area contributed by atoms with Gasteiger partial charge in [-0.25, -0.2) is 0 Å². The highest BCUT2D eigenvalue weighted by Gasteiger charge is 2.36. The third kappa shape index (κ3) is 4.56. The molecule has 158 valence electrons. The van der Waals surface area contributed by atoms with E-state index in [4.69, 9.17) is 9.47 Å². The summed E-state index contributed by atoms with van der Waals surface area (Å²) in [4.78, 5) is 13.5. The second-order valence-electron chi connectivity index (χ2n) is 8.13. The minimum absolute atomic E-state index is 0.0116. The molecular formula is C28H28O3. The number of Topliss-reactive ketones (excluding diaryl/α,β-unsaturated/α-hetero) is 1. The quantitative estimate of drug-likeness (QED) is 0.477. The van der Waals surface area contributed by atoms with Crippen molar-refractivity contribution in [1.29, 1.82) is 0 Å². The Morgan fingerprint density at radius 3 is 2.35 bits per heavy atom. The van der Waals surface area contributed by atoms with Gasteiger partial charge >= 0.3 is 0 Å². The van der Waals surface area contributed by atoms with Crippen LogP contribution in [0.1, 0.15) is 34.6 Å². The number of hydrogen-bond donors (Lipinski definition) is 0. The highest BCUT2D eigenvalue weighted by Crippen LogP contribution is 2.47. The van der Waals surface area contributed by atoms with Crippen LogP contribution in [0.25, 0.3) is 5.57 Å². The van der Waals surface area contributed by atoms with Gasteiger partial charge in [0.25, 0.3) is 0 Å². The van der Waals surface area contributed by atoms with Crippen molar-refractivity contribution in [3.8, 4) is 11.5 Å². The topological polar surface area (TPSA) is 35.5 Å². The first-order valence-corrected chi connectivity index (χ1v) is 10.7. The van der Waals surface area contributed by atoms with Crippen molar-refractivity contribution in [2.45, 2.75) is 25.7 Å². The summed E-state index contributed by atoms with van der Waals surface area (Å²) in [6, 6.07) is 24.3. The summed E-state index contributed by atoms with van der Waals surface area (Å²) < 4.78 is 11.1. The maximum absolute atomic E-state index is 13.5. The van der Waals surface area contributed by atoms with E-state index in [1.807, 2.05) is 48.5 Å². The van der Waals surface area contributed by atoms with Gasteiger partial charge in [-0.05, 0) is 48.2 Å². The maximum atomic E-state index is 13.5. The van der Waals surface area contributed by atoms with Crippen LogP contribution in [0.3, 0.4) is 0 Å². The van der Waals surface area contributed by atoms with Gasteiger partial charge in [0.2, 0.25) is 0 Å². The summed E-state index contributed by atoms with van der Waals surface area (Å²) in [6.07, 6.45) is 3.38. The largest absolute Gasteiger partial charge is 0.497 e. The molecule has 2 atom stereocenters. The predicted molar refractivity (Wildman–Crippen MR) is 125 cm³/mol. The molecule has 3 nitrogen and oxygen atoms in total. The van der Waals surface area contributed by atoms with Crippen LogP contribution in [-0.2, 0) is 11.2 Å². The average Bonchev–Trinajstić information content (AvgIpc) is 3.25. The van der Waals surface area contributed by atoms with Gasteiger partial charge in [-0.1, -0.05) is 66.2 Å². The summed E-state index contributed by atoms with van der Waals surface area (Å²) in [6.45, 7) is 2.09. The van der Waals surface area contributed by atoms with Crippen LogP contribution < -0.4 is 9.47 Å². The first kappa shape index (κ1) is 20.9. The van der Waals surface area contributed by atoms with E-state index in [2.05, 4.69) is 37.3 Å². The van der Waals surface area contributed by atoms with Gasteiger partial charge in [0.1, 0.15) is 17.3 Å². The van der Waals surface area contributed by atoms with E-state index in [-0.39, 0.29) is 17.6 Å². The molecule has 0 bridgehead atoms. The van der Waals surface area contributed by atoms with E-state index < -0.39 is 0 Å². The minimum Gasteiger partial charge on any atom is -0.497 e. The fourth-order valence-corrected chi connectivity index (χ4v) is 4.41. The lowest BCUT2D eigenvalue weighted by molar-refractivity contribution is -0.121. The number of hydrogen-bond acceptors (Lipinski definition) is 3. The van der Waals surface area contributed by atoms with E-state index in [0.29, 0.717) is 6.42 Å². The molecule has 0 aliphatic heterocycles. The molecule has 3 aromatic rings. The molecule has 0 N–H and O–H groups in total. The zero-order valence-corrected chi connectivity index (χ0v) is 18.3. The lowest BCUT2D eigenvalue weighted by Gasteiger charge is -2.22. The predicted octanol–water partition coefficient (Wildman–Crippen LogP) is 6.01. The molecule has 0 radical (unpaired) electrons. The summed E-state index contributed by atoms with van der Waals surface area (Å²) in [5.41, 5.74) is 5.67. The van der Waals surface area contributed by atoms with Gasteiger partial charge < -0.3 is 9.47 Å². The minimum atomic E-state index is -0.211. The number of ketones is 1. The summed E-state index contributed by atoms with van der Waals surface area (Å²) in [5, 5.41) is 0. The van der Waals surface area contributed by atoms with Crippen molar-refractivity contribution < 1.29 is 14.3 Å². The lowest BCUT2D eigenvalue weighted by Crippen LogP contribution is -2.20. The fourth-order valence-electron chi connectivity index (χ4n) is 4.41. The molecule has 31 heavy (non-hydrogen) atoms. The zero-order chi connectivity index (χ0) is 21.8. The second-order valence-corrected chi connectivity index (χ2v) is 8.13. The van der Waals surface area contributed by atoms with Crippen LogP contribution in [0.5, 0.6) is 11.5 Å². The molecule has 0 saturated carbocycles. The van der Waals surface area contributed by atoms with Crippen LogP contribution in [0.2, 0.25) is 0 Å². The summed E-state index contributed by atoms with van der Waals surface area (Å²) in [7, 11) is 3.34. The van der Waals surface area contributed by atoms with E-state index >= 15 is 0 Å². The Kier molecular flexibility index (Phi) is 6.22. The molecular weight excluding hydrogens is 384 g/mol. The van der Waals surface area contributed by atoms with Gasteiger partial charge in [0.05, 0.1) is 14.2 Å². The Hall–Kier alpha value is -3.33. The van der Waals surface area contributed by atoms with Gasteiger partial charge in [-0.15, -0.1) is 0 Å². The monoisotopic (exact) mass is 412 g/mol. The number of carbonyl (C=O) groups is 1. The second kappa shape index (κ2) is 9.22. The number of rotatable bonds is 7. The van der Waals surface area contributed by atoms with Crippen LogP contribution in [0, 0.1) is 12.8 Å². The average molecular weight is 413 g/mol. The molecule has 0 saturated heterocycles. The standard InChI is InChI=1S/C28H28O3/c1-19-9-11-21(12-10-19)22-16-24(26-18-23(30-2)13-14-28(26)31-3)25(17-22)27(29)15-20-7-5-4-6-8-20/h4-14,17-18,24-25H,15-16H2,1-3H3. The van der Waals surface area contributed by atoms with Crippen molar-refractivity contribution >= 4 is 11.4 Å². The Bertz CT molecular complexity index is 1080. The number of benzene rings is 3. The van der Waals surface area contributed by atoms with E-state index in [1.165, 1.54) is 16.7 Å². The third-order valence-electron chi connectivity index (χ3n) is 6.11. The molecule has 3 aromatic carbocycles. The van der Waals surface area contributed by atoms with Crippen LogP contribution in [0.4, 0.5) is 0 Å². The molecule has 3 heteroatoms. The summed E-state index contributed by atoms with van der Waals surface area (Å²) >= 11 is 0. The molecule has 0 aromatic heterocycles. The molecule has 2 unspecified atom stereocenters. The van der Waals surface area contributed by atoms with Crippen molar-refractivity contribution in [2.24, 2.45) is 5.92 Å². The van der Waals surface area contributed by atoms with E-state index in [1.54, 1.807) is 14.2 Å². The normalized spacial score (nSPS) is 17.8. The number of ether oxygens (including phenoxy) is 2. The van der Waals surface area contributed by atoms with Crippen LogP contribution >= 0.6 is 0 Å². The zero-order valence-electron chi connectivity index (χ0n) is 18.3. The van der Waals surface area contributed by atoms with Gasteiger partial charge in [0, 0.05) is 23.8 Å². The Morgan fingerprint density at radius 2 is 1.68 bits per heavy atom. The van der Waals surface area contributed by atoms with Crippen molar-refractivity contribution in [1.82, 2.24) is 0 Å². The van der Waals surface area contributed by atoms with Crippen LogP contribution in [0.15, 0.2) is 78.9 Å². The van der Waals surface area contributed by atoms with Crippen molar-refractivity contribution in [2.75, 3.05) is 14.2 Å². The first-order valence-electron chi connectivity index (χ1n) is 10.7. The highest BCUT2D eigenvalue weighted by atomic mass is 16.5. The molecule has 0 amide bonds. The van der Waals surface area contributed by atoms with E-state index in [0.717, 1.165) is 29.0 Å². The molecule has 1 aliphatic rings. The number of carbonyl (C=O) groups excluding carboxylic acids is 1. The summed E-state index contributed by atoms with van der Waals surface area (Å²) in [5.74, 6) is 1.59. The van der Waals surface area contributed by atoms with Gasteiger partial charge in [-0.3, -0.25) is 4.79 Å². The van der Waals surface area contributed by atoms with Crippen molar-refractivity contribution in [3.05, 3.63) is 101 Å². The lowest BCUT2D eigenvalue weighted by atomic mass is 9.83. The SMILES string of the molecule is COc1ccc(OC)c(C2CC(c3ccc(C)cc3)=CC2C(=O)Cc2ccccc2)c1. The first-order chi connectivity index (χ1) is 15.1.